The molecule has 0 aliphatic heterocycles. The molecule has 1 N–H and O–H groups in total. The Morgan fingerprint density at radius 2 is 1.70 bits per heavy atom. The number of rotatable bonds is 3. The van der Waals surface area contributed by atoms with Crippen molar-refractivity contribution in [1.29, 1.82) is 0 Å². The van der Waals surface area contributed by atoms with Gasteiger partial charge in [-0.1, -0.05) is 30.3 Å². The Morgan fingerprint density at radius 1 is 1.05 bits per heavy atom. The number of phenols is 1. The quantitative estimate of drug-likeness (QED) is 0.860. The Hall–Kier alpha value is -2.24. The van der Waals surface area contributed by atoms with Crippen molar-refractivity contribution in [2.75, 3.05) is 0 Å². The van der Waals surface area contributed by atoms with E-state index in [4.69, 9.17) is 4.74 Å². The molecule has 2 rings (SSSR count). The summed E-state index contributed by atoms with van der Waals surface area (Å²) in [4.78, 5) is 0. The van der Waals surface area contributed by atoms with Gasteiger partial charge >= 0.3 is 6.18 Å². The Kier molecular flexibility index (Phi) is 3.83. The smallest absolute Gasteiger partial charge is 0.416 e. The zero-order valence-electron chi connectivity index (χ0n) is 10.1. The van der Waals surface area contributed by atoms with E-state index in [0.29, 0.717) is 17.7 Å². The third-order valence-corrected chi connectivity index (χ3v) is 2.58. The van der Waals surface area contributed by atoms with Gasteiger partial charge in [-0.05, 0) is 17.7 Å². The van der Waals surface area contributed by atoms with Crippen LogP contribution in [0.15, 0.2) is 42.5 Å². The molecule has 0 amide bonds. The molecule has 2 aromatic carbocycles. The second kappa shape index (κ2) is 5.40. The second-order valence-electron chi connectivity index (χ2n) is 4.08. The molecule has 2 aromatic rings. The van der Waals surface area contributed by atoms with Gasteiger partial charge in [0.25, 0.3) is 0 Å². The van der Waals surface area contributed by atoms with Gasteiger partial charge in [-0.25, -0.2) is 0 Å². The first-order valence-electron chi connectivity index (χ1n) is 5.64. The van der Waals surface area contributed by atoms with Crippen LogP contribution in [0.25, 0.3) is 0 Å². The standard InChI is InChI=1S/C14H10F4O2/c15-13-11(19)6-10(14(16,17)18)7-12(13)20-8-9-4-2-1-3-5-9/h1-7,19H,8H2. The van der Waals surface area contributed by atoms with Gasteiger partial charge in [-0.2, -0.15) is 17.6 Å². The normalized spacial score (nSPS) is 11.4. The zero-order chi connectivity index (χ0) is 14.8. The molecule has 0 bridgehead atoms. The summed E-state index contributed by atoms with van der Waals surface area (Å²) in [6.07, 6.45) is -4.68. The summed E-state index contributed by atoms with van der Waals surface area (Å²) in [5, 5.41) is 9.19. The van der Waals surface area contributed by atoms with E-state index in [9.17, 15) is 22.7 Å². The number of halogens is 4. The molecule has 0 saturated heterocycles. The van der Waals surface area contributed by atoms with Crippen LogP contribution in [0.1, 0.15) is 11.1 Å². The molecule has 0 heterocycles. The van der Waals surface area contributed by atoms with Gasteiger partial charge in [0.15, 0.2) is 11.5 Å². The van der Waals surface area contributed by atoms with E-state index in [0.717, 1.165) is 0 Å². The minimum Gasteiger partial charge on any atom is -0.505 e. The summed E-state index contributed by atoms with van der Waals surface area (Å²) in [6, 6.07) is 9.43. The Labute approximate surface area is 112 Å². The van der Waals surface area contributed by atoms with Crippen molar-refractivity contribution in [2.45, 2.75) is 12.8 Å². The molecule has 2 nitrogen and oxygen atoms in total. The fourth-order valence-corrected chi connectivity index (χ4v) is 1.59. The van der Waals surface area contributed by atoms with Crippen LogP contribution in [0.5, 0.6) is 11.5 Å². The average Bonchev–Trinajstić information content (AvgIpc) is 2.40. The van der Waals surface area contributed by atoms with Gasteiger partial charge < -0.3 is 9.84 Å². The molecule has 0 atom stereocenters. The lowest BCUT2D eigenvalue weighted by Crippen LogP contribution is -2.06. The molecule has 0 spiro atoms. The third-order valence-electron chi connectivity index (χ3n) is 2.58. The number of hydrogen-bond acceptors (Lipinski definition) is 2. The second-order valence-corrected chi connectivity index (χ2v) is 4.08. The van der Waals surface area contributed by atoms with Gasteiger partial charge in [0.05, 0.1) is 5.56 Å². The first-order valence-corrected chi connectivity index (χ1v) is 5.64. The molecule has 0 saturated carbocycles. The van der Waals surface area contributed by atoms with Gasteiger partial charge in [0, 0.05) is 0 Å². The molecule has 20 heavy (non-hydrogen) atoms. The summed E-state index contributed by atoms with van der Waals surface area (Å²) >= 11 is 0. The predicted molar refractivity (Wildman–Crippen MR) is 63.8 cm³/mol. The van der Waals surface area contributed by atoms with Crippen molar-refractivity contribution in [3.63, 3.8) is 0 Å². The minimum atomic E-state index is -4.68. The van der Waals surface area contributed by atoms with Gasteiger partial charge in [0.1, 0.15) is 6.61 Å². The topological polar surface area (TPSA) is 29.5 Å². The molecule has 6 heteroatoms. The average molecular weight is 286 g/mol. The largest absolute Gasteiger partial charge is 0.505 e. The predicted octanol–water partition coefficient (Wildman–Crippen LogP) is 4.13. The van der Waals surface area contributed by atoms with Crippen LogP contribution in [0.4, 0.5) is 17.6 Å². The number of alkyl halides is 3. The lowest BCUT2D eigenvalue weighted by atomic mass is 10.2. The monoisotopic (exact) mass is 286 g/mol. The van der Waals surface area contributed by atoms with E-state index in [1.807, 2.05) is 0 Å². The van der Waals surface area contributed by atoms with Crippen molar-refractivity contribution >= 4 is 0 Å². The van der Waals surface area contributed by atoms with Crippen molar-refractivity contribution in [3.8, 4) is 11.5 Å². The fourth-order valence-electron chi connectivity index (χ4n) is 1.59. The van der Waals surface area contributed by atoms with Crippen molar-refractivity contribution in [3.05, 3.63) is 59.4 Å². The van der Waals surface area contributed by atoms with Gasteiger partial charge in [-0.3, -0.25) is 0 Å². The molecule has 0 aromatic heterocycles. The highest BCUT2D eigenvalue weighted by Crippen LogP contribution is 2.37. The molecule has 0 unspecified atom stereocenters. The minimum absolute atomic E-state index is 0.0987. The first-order chi connectivity index (χ1) is 9.38. The maximum atomic E-state index is 13.5. The lowest BCUT2D eigenvalue weighted by molar-refractivity contribution is -0.137. The Balaban J connectivity index is 2.25. The Bertz CT molecular complexity index is 594. The SMILES string of the molecule is Oc1cc(C(F)(F)F)cc(OCc2ccccc2)c1F. The maximum Gasteiger partial charge on any atom is 0.416 e. The van der Waals surface area contributed by atoms with E-state index in [-0.39, 0.29) is 6.61 Å². The summed E-state index contributed by atoms with van der Waals surface area (Å²) in [5.74, 6) is -2.95. The maximum absolute atomic E-state index is 13.5. The fraction of sp³-hybridized carbons (Fsp3) is 0.143. The number of aromatic hydroxyl groups is 1. The van der Waals surface area contributed by atoms with Crippen LogP contribution in [0.2, 0.25) is 0 Å². The van der Waals surface area contributed by atoms with E-state index >= 15 is 0 Å². The zero-order valence-corrected chi connectivity index (χ0v) is 10.1. The number of phenolic OH excluding ortho intramolecular Hbond substituents is 1. The van der Waals surface area contributed by atoms with E-state index in [2.05, 4.69) is 0 Å². The van der Waals surface area contributed by atoms with Crippen LogP contribution in [0.3, 0.4) is 0 Å². The summed E-state index contributed by atoms with van der Waals surface area (Å²) < 4.78 is 56.2. The van der Waals surface area contributed by atoms with Crippen molar-refractivity contribution in [2.24, 2.45) is 0 Å². The van der Waals surface area contributed by atoms with E-state index in [1.165, 1.54) is 0 Å². The van der Waals surface area contributed by atoms with Crippen LogP contribution < -0.4 is 4.74 Å². The lowest BCUT2D eigenvalue weighted by Gasteiger charge is -2.12. The summed E-state index contributed by atoms with van der Waals surface area (Å²) in [5.41, 5.74) is -0.497. The molecule has 0 fully saturated rings. The van der Waals surface area contributed by atoms with Crippen LogP contribution in [-0.2, 0) is 12.8 Å². The highest BCUT2D eigenvalue weighted by Gasteiger charge is 2.32. The molecular weight excluding hydrogens is 276 g/mol. The number of hydrogen-bond donors (Lipinski definition) is 1. The highest BCUT2D eigenvalue weighted by molar-refractivity contribution is 5.41. The molecule has 106 valence electrons. The first kappa shape index (κ1) is 14.2. The summed E-state index contributed by atoms with van der Waals surface area (Å²) in [6.45, 7) is -0.0987. The van der Waals surface area contributed by atoms with E-state index < -0.39 is 29.1 Å². The van der Waals surface area contributed by atoms with Crippen molar-refractivity contribution < 1.29 is 27.4 Å². The van der Waals surface area contributed by atoms with E-state index in [1.54, 1.807) is 30.3 Å². The summed E-state index contributed by atoms with van der Waals surface area (Å²) in [7, 11) is 0. The van der Waals surface area contributed by atoms with Crippen LogP contribution in [0, 0.1) is 5.82 Å². The van der Waals surface area contributed by atoms with Crippen molar-refractivity contribution in [1.82, 2.24) is 0 Å². The number of benzene rings is 2. The molecule has 0 aliphatic rings. The highest BCUT2D eigenvalue weighted by atomic mass is 19.4. The van der Waals surface area contributed by atoms with Gasteiger partial charge in [0.2, 0.25) is 5.82 Å². The van der Waals surface area contributed by atoms with Crippen LogP contribution in [-0.4, -0.2) is 5.11 Å². The third kappa shape index (κ3) is 3.20. The van der Waals surface area contributed by atoms with Crippen LogP contribution >= 0.6 is 0 Å². The number of ether oxygens (including phenoxy) is 1. The molecular formula is C14H10F4O2. The Morgan fingerprint density at radius 3 is 2.30 bits per heavy atom. The molecule has 0 radical (unpaired) electrons. The van der Waals surface area contributed by atoms with Gasteiger partial charge in [-0.15, -0.1) is 0 Å². The molecule has 0 aliphatic carbocycles.